The molecule has 1 aromatic heterocycles. The van der Waals surface area contributed by atoms with Gasteiger partial charge in [-0.25, -0.2) is 4.79 Å². The molecule has 0 fully saturated rings. The summed E-state index contributed by atoms with van der Waals surface area (Å²) in [7, 11) is 0. The number of hydrogen-bond donors (Lipinski definition) is 1. The standard InChI is InChI=1S/C17H14N2O4/c1-11-6-5-9-13-15(11)16(22)23-17(18-13)19(10-14(20)21)12-7-3-2-4-8-12/h2-9H,10H2,1H3,(H,20,21). The zero-order valence-corrected chi connectivity index (χ0v) is 12.4. The average Bonchev–Trinajstić information content (AvgIpc) is 2.53. The van der Waals surface area contributed by atoms with Crippen LogP contribution in [0.5, 0.6) is 0 Å². The fourth-order valence-corrected chi connectivity index (χ4v) is 2.40. The van der Waals surface area contributed by atoms with E-state index < -0.39 is 11.6 Å². The second kappa shape index (κ2) is 5.92. The summed E-state index contributed by atoms with van der Waals surface area (Å²) >= 11 is 0. The number of rotatable bonds is 4. The molecule has 0 unspecified atom stereocenters. The van der Waals surface area contributed by atoms with Crippen LogP contribution in [0.15, 0.2) is 57.7 Å². The maximum absolute atomic E-state index is 12.3. The van der Waals surface area contributed by atoms with E-state index >= 15 is 0 Å². The van der Waals surface area contributed by atoms with E-state index in [-0.39, 0.29) is 12.6 Å². The zero-order valence-electron chi connectivity index (χ0n) is 12.4. The molecule has 2 aromatic carbocycles. The van der Waals surface area contributed by atoms with Gasteiger partial charge in [0.15, 0.2) is 0 Å². The van der Waals surface area contributed by atoms with Crippen molar-refractivity contribution in [3.8, 4) is 0 Å². The highest BCUT2D eigenvalue weighted by Crippen LogP contribution is 2.24. The molecule has 116 valence electrons. The van der Waals surface area contributed by atoms with E-state index in [0.717, 1.165) is 5.56 Å². The molecule has 0 radical (unpaired) electrons. The molecular formula is C17H14N2O4. The van der Waals surface area contributed by atoms with Crippen LogP contribution < -0.4 is 10.5 Å². The van der Waals surface area contributed by atoms with Gasteiger partial charge in [0, 0.05) is 5.69 Å². The van der Waals surface area contributed by atoms with Gasteiger partial charge in [-0.2, -0.15) is 4.98 Å². The van der Waals surface area contributed by atoms with Gasteiger partial charge in [-0.05, 0) is 30.7 Å². The molecule has 23 heavy (non-hydrogen) atoms. The third-order valence-electron chi connectivity index (χ3n) is 3.45. The van der Waals surface area contributed by atoms with Gasteiger partial charge in [0.25, 0.3) is 0 Å². The molecule has 0 saturated heterocycles. The highest BCUT2D eigenvalue weighted by molar-refractivity contribution is 5.82. The minimum atomic E-state index is -1.05. The summed E-state index contributed by atoms with van der Waals surface area (Å²) in [6, 6.07) is 14.1. The fraction of sp³-hybridized carbons (Fsp3) is 0.118. The molecule has 1 N–H and O–H groups in total. The molecule has 0 atom stereocenters. The number of fused-ring (bicyclic) bond motifs is 1. The molecule has 3 rings (SSSR count). The largest absolute Gasteiger partial charge is 0.480 e. The Balaban J connectivity index is 2.19. The van der Waals surface area contributed by atoms with Crippen molar-refractivity contribution >= 4 is 28.6 Å². The summed E-state index contributed by atoms with van der Waals surface area (Å²) in [6.07, 6.45) is 0. The predicted octanol–water partition coefficient (Wildman–Crippen LogP) is 2.72. The molecule has 6 heteroatoms. The van der Waals surface area contributed by atoms with E-state index in [1.54, 1.807) is 49.4 Å². The molecule has 0 spiro atoms. The maximum Gasteiger partial charge on any atom is 0.348 e. The van der Waals surface area contributed by atoms with Crippen LogP contribution in [0.25, 0.3) is 10.9 Å². The zero-order chi connectivity index (χ0) is 16.4. The lowest BCUT2D eigenvalue weighted by Crippen LogP contribution is -2.26. The molecule has 0 aliphatic heterocycles. The van der Waals surface area contributed by atoms with Crippen molar-refractivity contribution in [2.75, 3.05) is 11.4 Å². The van der Waals surface area contributed by atoms with Gasteiger partial charge in [0.1, 0.15) is 6.54 Å². The van der Waals surface area contributed by atoms with Gasteiger partial charge in [-0.3, -0.25) is 9.69 Å². The second-order valence-corrected chi connectivity index (χ2v) is 5.07. The topological polar surface area (TPSA) is 83.6 Å². The van der Waals surface area contributed by atoms with E-state index in [9.17, 15) is 9.59 Å². The lowest BCUT2D eigenvalue weighted by molar-refractivity contribution is -0.135. The molecule has 0 amide bonds. The molecule has 6 nitrogen and oxygen atoms in total. The molecule has 0 saturated carbocycles. The summed E-state index contributed by atoms with van der Waals surface area (Å²) in [5, 5.41) is 9.55. The molecule has 1 heterocycles. The Morgan fingerprint density at radius 1 is 1.17 bits per heavy atom. The number of anilines is 2. The van der Waals surface area contributed by atoms with Gasteiger partial charge in [-0.1, -0.05) is 30.3 Å². The van der Waals surface area contributed by atoms with Gasteiger partial charge in [-0.15, -0.1) is 0 Å². The van der Waals surface area contributed by atoms with Crippen LogP contribution in [0.1, 0.15) is 5.56 Å². The number of para-hydroxylation sites is 1. The van der Waals surface area contributed by atoms with Gasteiger partial charge in [0.2, 0.25) is 0 Å². The molecular weight excluding hydrogens is 296 g/mol. The predicted molar refractivity (Wildman–Crippen MR) is 86.1 cm³/mol. The monoisotopic (exact) mass is 310 g/mol. The maximum atomic E-state index is 12.3. The van der Waals surface area contributed by atoms with Crippen molar-refractivity contribution in [2.45, 2.75) is 6.92 Å². The van der Waals surface area contributed by atoms with Crippen molar-refractivity contribution < 1.29 is 14.3 Å². The third-order valence-corrected chi connectivity index (χ3v) is 3.45. The van der Waals surface area contributed by atoms with Crippen molar-refractivity contribution in [3.05, 3.63) is 64.5 Å². The van der Waals surface area contributed by atoms with Gasteiger partial charge < -0.3 is 9.52 Å². The molecule has 0 aliphatic carbocycles. The SMILES string of the molecule is Cc1cccc2nc(N(CC(=O)O)c3ccccc3)oc(=O)c12. The summed E-state index contributed by atoms with van der Waals surface area (Å²) in [5.74, 6) is -1.05. The fourth-order valence-electron chi connectivity index (χ4n) is 2.40. The van der Waals surface area contributed by atoms with Crippen LogP contribution in [-0.2, 0) is 4.79 Å². The highest BCUT2D eigenvalue weighted by Gasteiger charge is 2.19. The summed E-state index contributed by atoms with van der Waals surface area (Å²) in [5.41, 5.74) is 1.29. The Morgan fingerprint density at radius 3 is 2.61 bits per heavy atom. The number of carboxylic acid groups (broad SMARTS) is 1. The third kappa shape index (κ3) is 2.91. The minimum Gasteiger partial charge on any atom is -0.480 e. The normalized spacial score (nSPS) is 10.7. The van der Waals surface area contributed by atoms with E-state index in [2.05, 4.69) is 4.98 Å². The minimum absolute atomic E-state index is 0.0401. The Bertz CT molecular complexity index is 919. The smallest absolute Gasteiger partial charge is 0.348 e. The summed E-state index contributed by atoms with van der Waals surface area (Å²) in [6.45, 7) is 1.43. The van der Waals surface area contributed by atoms with E-state index in [1.165, 1.54) is 4.90 Å². The van der Waals surface area contributed by atoms with Crippen molar-refractivity contribution in [1.29, 1.82) is 0 Å². The number of hydrogen-bond acceptors (Lipinski definition) is 5. The summed E-state index contributed by atoms with van der Waals surface area (Å²) < 4.78 is 5.28. The summed E-state index contributed by atoms with van der Waals surface area (Å²) in [4.78, 5) is 29.1. The highest BCUT2D eigenvalue weighted by atomic mass is 16.4. The number of nitrogens with zero attached hydrogens (tertiary/aromatic N) is 2. The van der Waals surface area contributed by atoms with Crippen LogP contribution in [0.3, 0.4) is 0 Å². The van der Waals surface area contributed by atoms with E-state index in [4.69, 9.17) is 9.52 Å². The number of benzene rings is 2. The van der Waals surface area contributed by atoms with Crippen molar-refractivity contribution in [2.24, 2.45) is 0 Å². The van der Waals surface area contributed by atoms with Crippen molar-refractivity contribution in [3.63, 3.8) is 0 Å². The Morgan fingerprint density at radius 2 is 1.91 bits per heavy atom. The van der Waals surface area contributed by atoms with Gasteiger partial charge in [0.05, 0.1) is 10.9 Å². The lowest BCUT2D eigenvalue weighted by Gasteiger charge is -2.19. The van der Waals surface area contributed by atoms with E-state index in [1.807, 2.05) is 6.07 Å². The van der Waals surface area contributed by atoms with Gasteiger partial charge >= 0.3 is 17.6 Å². The Labute approximate surface area is 131 Å². The first-order valence-electron chi connectivity index (χ1n) is 7.01. The number of carboxylic acids is 1. The van der Waals surface area contributed by atoms with Crippen LogP contribution in [-0.4, -0.2) is 22.6 Å². The van der Waals surface area contributed by atoms with Crippen molar-refractivity contribution in [1.82, 2.24) is 4.98 Å². The van der Waals surface area contributed by atoms with Crippen LogP contribution in [0.2, 0.25) is 0 Å². The number of aryl methyl sites for hydroxylation is 1. The quantitative estimate of drug-likeness (QED) is 0.797. The average molecular weight is 310 g/mol. The number of aromatic nitrogens is 1. The molecule has 0 bridgehead atoms. The first-order chi connectivity index (χ1) is 11.1. The van der Waals surface area contributed by atoms with Crippen LogP contribution in [0, 0.1) is 6.92 Å². The van der Waals surface area contributed by atoms with Crippen LogP contribution in [0.4, 0.5) is 11.7 Å². The molecule has 0 aliphatic rings. The second-order valence-electron chi connectivity index (χ2n) is 5.07. The van der Waals surface area contributed by atoms with Crippen LogP contribution >= 0.6 is 0 Å². The van der Waals surface area contributed by atoms with E-state index in [0.29, 0.717) is 16.6 Å². The lowest BCUT2D eigenvalue weighted by atomic mass is 10.1. The molecule has 3 aromatic rings. The number of carbonyl (C=O) groups is 1. The number of aliphatic carboxylic acids is 1. The Hall–Kier alpha value is -3.15. The first-order valence-corrected chi connectivity index (χ1v) is 7.01. The Kier molecular flexibility index (Phi) is 3.80. The first kappa shape index (κ1) is 14.8.